The maximum absolute atomic E-state index is 6.59. The Balaban J connectivity index is 1.05. The zero-order valence-corrected chi connectivity index (χ0v) is 29.9. The second-order valence-corrected chi connectivity index (χ2v) is 13.8. The van der Waals surface area contributed by atoms with Crippen LogP contribution in [0.2, 0.25) is 0 Å². The van der Waals surface area contributed by atoms with Crippen molar-refractivity contribution in [2.45, 2.75) is 6.17 Å². The summed E-state index contributed by atoms with van der Waals surface area (Å²) in [5.74, 6) is 1.46. The Hall–Kier alpha value is -7.30. The van der Waals surface area contributed by atoms with Gasteiger partial charge in [0.05, 0.1) is 0 Å². The highest BCUT2D eigenvalue weighted by Gasteiger charge is 2.22. The van der Waals surface area contributed by atoms with Crippen molar-refractivity contribution in [3.63, 3.8) is 0 Å². The highest BCUT2D eigenvalue weighted by Crippen LogP contribution is 2.40. The van der Waals surface area contributed by atoms with Gasteiger partial charge in [0.1, 0.15) is 23.2 Å². The summed E-state index contributed by atoms with van der Waals surface area (Å²) in [5, 5.41) is 5.89. The molecule has 1 aliphatic rings. The van der Waals surface area contributed by atoms with Crippen molar-refractivity contribution in [2.75, 3.05) is 0 Å². The number of para-hydroxylation sites is 1. The van der Waals surface area contributed by atoms with E-state index in [1.54, 1.807) is 0 Å². The van der Waals surface area contributed by atoms with Crippen LogP contribution in [-0.4, -0.2) is 11.7 Å². The van der Waals surface area contributed by atoms with E-state index in [1.165, 1.54) is 16.7 Å². The van der Waals surface area contributed by atoms with E-state index in [2.05, 4.69) is 187 Å². The first-order valence-electron chi connectivity index (χ1n) is 18.6. The van der Waals surface area contributed by atoms with Crippen LogP contribution in [0.1, 0.15) is 22.9 Å². The van der Waals surface area contributed by atoms with Crippen LogP contribution < -0.4 is 5.32 Å². The first kappa shape index (κ1) is 32.4. The Bertz CT molecular complexity index is 2860. The molecule has 55 heavy (non-hydrogen) atoms. The van der Waals surface area contributed by atoms with Gasteiger partial charge in [-0.15, -0.1) is 0 Å². The van der Waals surface area contributed by atoms with E-state index in [0.717, 1.165) is 72.3 Å². The van der Waals surface area contributed by atoms with Crippen LogP contribution >= 0.6 is 0 Å². The summed E-state index contributed by atoms with van der Waals surface area (Å²) in [6.45, 7) is 0. The molecule has 0 fully saturated rings. The van der Waals surface area contributed by atoms with E-state index in [-0.39, 0.29) is 6.17 Å². The van der Waals surface area contributed by atoms with E-state index < -0.39 is 0 Å². The Morgan fingerprint density at radius 2 is 0.945 bits per heavy atom. The number of nitrogens with zero attached hydrogens (tertiary/aromatic N) is 2. The lowest BCUT2D eigenvalue weighted by atomic mass is 9.96. The predicted octanol–water partition coefficient (Wildman–Crippen LogP) is 12.7. The number of furan rings is 1. The molecule has 0 radical (unpaired) electrons. The molecule has 1 N–H and O–H groups in total. The van der Waals surface area contributed by atoms with Gasteiger partial charge in [-0.2, -0.15) is 0 Å². The summed E-state index contributed by atoms with van der Waals surface area (Å²) >= 11 is 0. The average Bonchev–Trinajstić information content (AvgIpc) is 3.67. The van der Waals surface area contributed by atoms with Crippen molar-refractivity contribution >= 4 is 33.6 Å². The average molecular weight is 706 g/mol. The third-order valence-electron chi connectivity index (χ3n) is 10.4. The number of rotatable bonds is 7. The van der Waals surface area contributed by atoms with Gasteiger partial charge < -0.3 is 9.73 Å². The smallest absolute Gasteiger partial charge is 0.159 e. The molecule has 0 bridgehead atoms. The minimum Gasteiger partial charge on any atom is -0.455 e. The number of benzene rings is 8. The number of amidine groups is 2. The molecule has 0 saturated carbocycles. The molecule has 0 spiro atoms. The van der Waals surface area contributed by atoms with Crippen LogP contribution in [0, 0.1) is 0 Å². The molecule has 2 heterocycles. The summed E-state index contributed by atoms with van der Waals surface area (Å²) in [7, 11) is 0. The Kier molecular flexibility index (Phi) is 8.19. The Morgan fingerprint density at radius 1 is 0.418 bits per heavy atom. The van der Waals surface area contributed by atoms with Gasteiger partial charge in [0.15, 0.2) is 5.84 Å². The van der Waals surface area contributed by atoms with Gasteiger partial charge in [-0.3, -0.25) is 0 Å². The zero-order chi connectivity index (χ0) is 36.6. The van der Waals surface area contributed by atoms with Crippen molar-refractivity contribution in [2.24, 2.45) is 9.98 Å². The first-order chi connectivity index (χ1) is 27.2. The van der Waals surface area contributed by atoms with Crippen molar-refractivity contribution in [3.05, 3.63) is 217 Å². The normalized spacial score (nSPS) is 14.0. The second-order valence-electron chi connectivity index (χ2n) is 13.8. The van der Waals surface area contributed by atoms with Crippen molar-refractivity contribution in [1.82, 2.24) is 5.32 Å². The van der Waals surface area contributed by atoms with Gasteiger partial charge in [0.25, 0.3) is 0 Å². The second kappa shape index (κ2) is 13.9. The fourth-order valence-corrected chi connectivity index (χ4v) is 7.59. The zero-order valence-electron chi connectivity index (χ0n) is 29.9. The number of nitrogens with one attached hydrogen (secondary N) is 1. The van der Waals surface area contributed by atoms with E-state index >= 15 is 0 Å². The fraction of sp³-hybridized carbons (Fsp3) is 0.0196. The molecule has 10 rings (SSSR count). The monoisotopic (exact) mass is 705 g/mol. The SMILES string of the molecule is c1ccc(-c2ccc(C3=NC(c4ccc(-c5ccccc5)cc4)NC(c4cccc(-c5cccc6oc7c(-c8ccccc8)cccc7c56)c4)=N3)cc2)cc1. The van der Waals surface area contributed by atoms with Gasteiger partial charge in [0.2, 0.25) is 0 Å². The third-order valence-corrected chi connectivity index (χ3v) is 10.4. The molecular weight excluding hydrogens is 671 g/mol. The minimum atomic E-state index is -0.331. The molecule has 1 atom stereocenters. The molecule has 9 aromatic rings. The lowest BCUT2D eigenvalue weighted by molar-refractivity contribution is 0.670. The number of hydrogen-bond donors (Lipinski definition) is 1. The van der Waals surface area contributed by atoms with Crippen LogP contribution in [0.3, 0.4) is 0 Å². The maximum atomic E-state index is 6.59. The predicted molar refractivity (Wildman–Crippen MR) is 227 cm³/mol. The molecule has 1 unspecified atom stereocenters. The molecule has 4 nitrogen and oxygen atoms in total. The number of fused-ring (bicyclic) bond motifs is 3. The summed E-state index contributed by atoms with van der Waals surface area (Å²) < 4.78 is 6.59. The highest BCUT2D eigenvalue weighted by molar-refractivity contribution is 6.16. The lowest BCUT2D eigenvalue weighted by Gasteiger charge is -2.24. The molecule has 1 aromatic heterocycles. The van der Waals surface area contributed by atoms with E-state index in [9.17, 15) is 0 Å². The van der Waals surface area contributed by atoms with Crippen molar-refractivity contribution in [1.29, 1.82) is 0 Å². The van der Waals surface area contributed by atoms with Crippen molar-refractivity contribution in [3.8, 4) is 44.5 Å². The third kappa shape index (κ3) is 6.20. The van der Waals surface area contributed by atoms with Gasteiger partial charge in [-0.1, -0.05) is 188 Å². The molecule has 0 saturated heterocycles. The van der Waals surface area contributed by atoms with E-state index in [4.69, 9.17) is 14.4 Å². The highest BCUT2D eigenvalue weighted by atomic mass is 16.3. The first-order valence-corrected chi connectivity index (χ1v) is 18.6. The molecule has 260 valence electrons. The van der Waals surface area contributed by atoms with E-state index in [1.807, 2.05) is 18.2 Å². The van der Waals surface area contributed by atoms with Gasteiger partial charge in [-0.25, -0.2) is 9.98 Å². The summed E-state index contributed by atoms with van der Waals surface area (Å²) in [5.41, 5.74) is 13.8. The molecule has 4 heteroatoms. The standard InChI is InChI=1S/C51H35N3O/c1-4-13-34(14-5-1)36-25-29-39(30-26-36)49-52-50(40-31-27-37(28-32-40)35-15-6-2-7-16-35)54-51(53-49)42-20-10-19-41(33-42)43-21-12-24-46-47(43)45-23-11-22-44(48(45)55-46)38-17-8-3-9-18-38/h1-33,49H,(H,52,53,54). The molecule has 0 amide bonds. The molecular formula is C51H35N3O. The lowest BCUT2D eigenvalue weighted by Crippen LogP contribution is -2.33. The molecule has 0 aliphatic carbocycles. The summed E-state index contributed by atoms with van der Waals surface area (Å²) in [6.07, 6.45) is -0.331. The van der Waals surface area contributed by atoms with Gasteiger partial charge in [-0.05, 0) is 56.6 Å². The van der Waals surface area contributed by atoms with Crippen LogP contribution in [0.25, 0.3) is 66.4 Å². The molecule has 8 aromatic carbocycles. The van der Waals surface area contributed by atoms with Crippen molar-refractivity contribution < 1.29 is 4.42 Å². The Morgan fingerprint density at radius 3 is 1.64 bits per heavy atom. The largest absolute Gasteiger partial charge is 0.455 e. The van der Waals surface area contributed by atoms with Gasteiger partial charge in [0, 0.05) is 27.5 Å². The Labute approximate surface area is 319 Å². The van der Waals surface area contributed by atoms with Crippen LogP contribution in [0.5, 0.6) is 0 Å². The molecule has 1 aliphatic heterocycles. The van der Waals surface area contributed by atoms with Crippen LogP contribution in [0.15, 0.2) is 215 Å². The van der Waals surface area contributed by atoms with Gasteiger partial charge >= 0.3 is 0 Å². The number of hydrogen-bond acceptors (Lipinski definition) is 4. The van der Waals surface area contributed by atoms with Crippen LogP contribution in [-0.2, 0) is 0 Å². The number of aliphatic imine (C=N–C) groups is 2. The summed E-state index contributed by atoms with van der Waals surface area (Å²) in [4.78, 5) is 10.4. The van der Waals surface area contributed by atoms with Crippen LogP contribution in [0.4, 0.5) is 0 Å². The quantitative estimate of drug-likeness (QED) is 0.179. The minimum absolute atomic E-state index is 0.331. The topological polar surface area (TPSA) is 49.9 Å². The van der Waals surface area contributed by atoms with E-state index in [0.29, 0.717) is 5.84 Å². The maximum Gasteiger partial charge on any atom is 0.159 e. The summed E-state index contributed by atoms with van der Waals surface area (Å²) in [6, 6.07) is 69.8. The fourth-order valence-electron chi connectivity index (χ4n) is 7.59.